The van der Waals surface area contributed by atoms with Crippen LogP contribution in [0, 0.1) is 0 Å². The summed E-state index contributed by atoms with van der Waals surface area (Å²) in [4.78, 5) is 17.9. The molecule has 1 unspecified atom stereocenters. The predicted molar refractivity (Wildman–Crippen MR) is 47.0 cm³/mol. The molecule has 0 spiro atoms. The molecule has 0 aromatic heterocycles. The van der Waals surface area contributed by atoms with E-state index in [2.05, 4.69) is 18.4 Å². The number of unbranched alkanes of at least 4 members (excludes halogenated alkanes) is 1. The minimum absolute atomic E-state index is 0.262. The Morgan fingerprint density at radius 2 is 1.83 bits per heavy atom. The van der Waals surface area contributed by atoms with Gasteiger partial charge in [0.15, 0.2) is 12.4 Å². The minimum atomic E-state index is -2.60. The van der Waals surface area contributed by atoms with Gasteiger partial charge in [-0.05, 0) is 6.92 Å². The molecular weight excluding hydrogens is 179 g/mol. The maximum Gasteiger partial charge on any atom is 0.695 e. The van der Waals surface area contributed by atoms with Crippen LogP contribution in [0.2, 0.25) is 0 Å². The number of carbonyl (C=O) groups is 1. The average Bonchev–Trinajstić information content (AvgIpc) is 2.01. The number of carbonyl (C=O) groups excluding carboxylic acids is 1. The summed E-state index contributed by atoms with van der Waals surface area (Å²) in [6.07, 6.45) is 2.64. The lowest BCUT2D eigenvalue weighted by Crippen LogP contribution is -1.97. The largest absolute Gasteiger partial charge is 0.695 e. The smallest absolute Gasteiger partial charge is 0.297 e. The summed E-state index contributed by atoms with van der Waals surface area (Å²) in [5, 5.41) is 0. The first-order valence-electron chi connectivity index (χ1n) is 3.83. The van der Waals surface area contributed by atoms with Crippen LogP contribution in [0.4, 0.5) is 0 Å². The minimum Gasteiger partial charge on any atom is -0.297 e. The zero-order valence-electron chi connectivity index (χ0n) is 7.74. The van der Waals surface area contributed by atoms with Gasteiger partial charge in [0.25, 0.3) is 0 Å². The Hall–Kier alpha value is -0.310. The highest BCUT2D eigenvalue weighted by atomic mass is 31.1. The van der Waals surface area contributed by atoms with Crippen LogP contribution >= 0.6 is 8.25 Å². The molecule has 0 aromatic carbocycles. The van der Waals surface area contributed by atoms with Crippen molar-refractivity contribution in [2.75, 3.05) is 6.61 Å². The van der Waals surface area contributed by atoms with Gasteiger partial charge in [0, 0.05) is 4.57 Å². The molecule has 0 rings (SSSR count). The molecule has 12 heavy (non-hydrogen) atoms. The molecule has 0 aliphatic rings. The van der Waals surface area contributed by atoms with Crippen molar-refractivity contribution in [3.05, 3.63) is 0 Å². The Balaban J connectivity index is 0. The van der Waals surface area contributed by atoms with Gasteiger partial charge < -0.3 is 0 Å². The van der Waals surface area contributed by atoms with Crippen molar-refractivity contribution in [2.24, 2.45) is 0 Å². The van der Waals surface area contributed by atoms with Gasteiger partial charge in [-0.15, -0.1) is 9.42 Å². The number of ketones is 1. The topological polar surface area (TPSA) is 63.6 Å². The van der Waals surface area contributed by atoms with Crippen molar-refractivity contribution in [1.82, 2.24) is 0 Å². The van der Waals surface area contributed by atoms with E-state index in [1.54, 1.807) is 0 Å². The summed E-state index contributed by atoms with van der Waals surface area (Å²) >= 11 is 0. The van der Waals surface area contributed by atoms with E-state index in [4.69, 9.17) is 4.89 Å². The molecule has 4 nitrogen and oxygen atoms in total. The molecule has 72 valence electrons. The lowest BCUT2D eigenvalue weighted by molar-refractivity contribution is -0.119. The molecule has 0 saturated heterocycles. The van der Waals surface area contributed by atoms with Gasteiger partial charge in [-0.2, -0.15) is 0 Å². The highest BCUT2D eigenvalue weighted by molar-refractivity contribution is 7.32. The molecule has 1 atom stereocenters. The van der Waals surface area contributed by atoms with Crippen LogP contribution < -0.4 is 0 Å². The van der Waals surface area contributed by atoms with Crippen LogP contribution in [-0.2, 0) is 13.9 Å². The number of Topliss-reactive ketones (excluding diaryl/α,β-unsaturated/α-hetero) is 1. The van der Waals surface area contributed by atoms with E-state index in [1.807, 2.05) is 0 Å². The van der Waals surface area contributed by atoms with Crippen LogP contribution in [0.25, 0.3) is 0 Å². The first-order valence-corrected chi connectivity index (χ1v) is 4.96. The van der Waals surface area contributed by atoms with E-state index in [0.717, 1.165) is 0 Å². The third-order valence-corrected chi connectivity index (χ3v) is 1.23. The van der Waals surface area contributed by atoms with Crippen molar-refractivity contribution >= 4 is 14.0 Å². The fourth-order valence-electron chi connectivity index (χ4n) is 0.146. The van der Waals surface area contributed by atoms with Crippen molar-refractivity contribution in [3.8, 4) is 0 Å². The SMILES string of the molecule is CC(=O)CO[P+](=O)O.CCCC. The lowest BCUT2D eigenvalue weighted by Gasteiger charge is -1.77. The molecular formula is C7H16O4P+. The van der Waals surface area contributed by atoms with Gasteiger partial charge in [-0.1, -0.05) is 26.7 Å². The van der Waals surface area contributed by atoms with Crippen LogP contribution in [0.3, 0.4) is 0 Å². The number of hydrogen-bond acceptors (Lipinski definition) is 3. The van der Waals surface area contributed by atoms with E-state index in [1.165, 1.54) is 19.8 Å². The molecule has 0 saturated carbocycles. The quantitative estimate of drug-likeness (QED) is 0.697. The summed E-state index contributed by atoms with van der Waals surface area (Å²) in [7, 11) is -2.60. The molecule has 0 aromatic rings. The van der Waals surface area contributed by atoms with Gasteiger partial charge >= 0.3 is 8.25 Å². The number of hydrogen-bond donors (Lipinski definition) is 1. The van der Waals surface area contributed by atoms with Gasteiger partial charge in [-0.25, -0.2) is 0 Å². The normalized spacial score (nSPS) is 9.83. The first kappa shape index (κ1) is 14.2. The molecule has 0 bridgehead atoms. The molecule has 1 N–H and O–H groups in total. The average molecular weight is 195 g/mol. The highest BCUT2D eigenvalue weighted by Gasteiger charge is 2.12. The third-order valence-electron chi connectivity index (χ3n) is 0.878. The zero-order valence-corrected chi connectivity index (χ0v) is 8.63. The summed E-state index contributed by atoms with van der Waals surface area (Å²) < 4.78 is 13.7. The van der Waals surface area contributed by atoms with Crippen LogP contribution in [-0.4, -0.2) is 17.3 Å². The van der Waals surface area contributed by atoms with Gasteiger partial charge in [0.2, 0.25) is 0 Å². The van der Waals surface area contributed by atoms with Crippen LogP contribution in [0.15, 0.2) is 0 Å². The molecule has 5 heteroatoms. The van der Waals surface area contributed by atoms with E-state index >= 15 is 0 Å². The third kappa shape index (κ3) is 22.6. The molecule has 0 radical (unpaired) electrons. The van der Waals surface area contributed by atoms with Crippen LogP contribution in [0.5, 0.6) is 0 Å². The second-order valence-electron chi connectivity index (χ2n) is 2.21. The van der Waals surface area contributed by atoms with E-state index in [9.17, 15) is 9.36 Å². The Kier molecular flexibility index (Phi) is 12.7. The van der Waals surface area contributed by atoms with Gasteiger partial charge in [0.1, 0.15) is 0 Å². The van der Waals surface area contributed by atoms with Gasteiger partial charge in [0.05, 0.1) is 0 Å². The van der Waals surface area contributed by atoms with Crippen LogP contribution in [0.1, 0.15) is 33.6 Å². The fraction of sp³-hybridized carbons (Fsp3) is 0.857. The summed E-state index contributed by atoms with van der Waals surface area (Å²) in [5.41, 5.74) is 0. The summed E-state index contributed by atoms with van der Waals surface area (Å²) in [6, 6.07) is 0. The predicted octanol–water partition coefficient (Wildman–Crippen LogP) is 2.05. The lowest BCUT2D eigenvalue weighted by atomic mass is 10.4. The monoisotopic (exact) mass is 195 g/mol. The van der Waals surface area contributed by atoms with E-state index in [-0.39, 0.29) is 12.4 Å². The first-order chi connectivity index (χ1) is 5.54. The van der Waals surface area contributed by atoms with Crippen molar-refractivity contribution in [3.63, 3.8) is 0 Å². The van der Waals surface area contributed by atoms with E-state index < -0.39 is 8.25 Å². The Labute approximate surface area is 73.9 Å². The second kappa shape index (κ2) is 10.7. The van der Waals surface area contributed by atoms with Crippen molar-refractivity contribution in [1.29, 1.82) is 0 Å². The Bertz CT molecular complexity index is 119. The van der Waals surface area contributed by atoms with E-state index in [0.29, 0.717) is 0 Å². The molecule has 0 aliphatic carbocycles. The maximum absolute atomic E-state index is 9.98. The van der Waals surface area contributed by atoms with Crippen molar-refractivity contribution < 1.29 is 18.8 Å². The Morgan fingerprint density at radius 1 is 1.42 bits per heavy atom. The zero-order chi connectivity index (χ0) is 9.98. The molecule has 0 heterocycles. The summed E-state index contributed by atoms with van der Waals surface area (Å²) in [6.45, 7) is 5.35. The molecule has 0 amide bonds. The second-order valence-corrected chi connectivity index (χ2v) is 2.95. The van der Waals surface area contributed by atoms with Gasteiger partial charge in [-0.3, -0.25) is 4.79 Å². The molecule has 0 fully saturated rings. The summed E-state index contributed by atoms with van der Waals surface area (Å²) in [5.74, 6) is -0.262. The maximum atomic E-state index is 9.98. The Morgan fingerprint density at radius 3 is 1.92 bits per heavy atom. The number of rotatable bonds is 4. The highest BCUT2D eigenvalue weighted by Crippen LogP contribution is 2.12. The standard InChI is InChI=1S/C4H10.C3H5O4P/c1-3-4-2;1-3(4)2-7-8(5)6/h3-4H2,1-2H3;2H2,1H3/p+1. The van der Waals surface area contributed by atoms with Crippen molar-refractivity contribution in [2.45, 2.75) is 33.6 Å². The molecule has 0 aliphatic heterocycles. The fourth-order valence-corrected chi connectivity index (χ4v) is 0.438.